The fraction of sp³-hybridized carbons (Fsp3) is 0.296. The first-order valence-corrected chi connectivity index (χ1v) is 12.5. The molecule has 2 heterocycles. The maximum absolute atomic E-state index is 15.3. The van der Waals surface area contributed by atoms with Crippen LogP contribution in [0.1, 0.15) is 33.9 Å². The zero-order chi connectivity index (χ0) is 26.8. The van der Waals surface area contributed by atoms with E-state index in [9.17, 15) is 14.0 Å². The molecule has 1 atom stereocenters. The number of carbonyl (C=O) groups excluding carboxylic acids is 2. The number of aromatic nitrogens is 1. The molecule has 38 heavy (non-hydrogen) atoms. The minimum Gasteiger partial charge on any atom is -0.452 e. The number of halogens is 3. The smallest absolute Gasteiger partial charge is 0.415 e. The number of ether oxygens (including phenoxy) is 2. The Morgan fingerprint density at radius 1 is 1.13 bits per heavy atom. The number of carbonyl (C=O) groups is 2. The van der Waals surface area contributed by atoms with Crippen molar-refractivity contribution in [2.24, 2.45) is 0 Å². The summed E-state index contributed by atoms with van der Waals surface area (Å²) in [6.45, 7) is 2.46. The Morgan fingerprint density at radius 2 is 1.89 bits per heavy atom. The molecule has 2 aromatic carbocycles. The minimum atomic E-state index is -0.738. The highest BCUT2D eigenvalue weighted by atomic mass is 35.5. The molecule has 0 radical (unpaired) electrons. The normalized spacial score (nSPS) is 16.6. The number of morpholine rings is 1. The zero-order valence-corrected chi connectivity index (χ0v) is 21.3. The molecule has 1 fully saturated rings. The van der Waals surface area contributed by atoms with Crippen molar-refractivity contribution in [3.8, 4) is 0 Å². The Kier molecular flexibility index (Phi) is 7.44. The lowest BCUT2D eigenvalue weighted by atomic mass is 10.00. The van der Waals surface area contributed by atoms with Crippen LogP contribution in [0.4, 0.5) is 30.9 Å². The molecule has 1 aliphatic carbocycles. The SMILES string of the molecule is COC(=O)N(c1cccc(N2CCOCC2)n1)[C@H]1CCc2c(C(=O)Nc3ccc(F)c(Cl)c3)ccc(F)c21. The lowest BCUT2D eigenvalue weighted by Crippen LogP contribution is -2.38. The van der Waals surface area contributed by atoms with Crippen molar-refractivity contribution in [2.45, 2.75) is 18.9 Å². The van der Waals surface area contributed by atoms with Gasteiger partial charge in [-0.3, -0.25) is 9.69 Å². The maximum atomic E-state index is 15.3. The fourth-order valence-corrected chi connectivity index (χ4v) is 5.11. The lowest BCUT2D eigenvalue weighted by molar-refractivity contribution is 0.102. The van der Waals surface area contributed by atoms with Gasteiger partial charge in [-0.1, -0.05) is 17.7 Å². The summed E-state index contributed by atoms with van der Waals surface area (Å²) < 4.78 is 39.3. The Morgan fingerprint density at radius 3 is 2.63 bits per heavy atom. The number of amides is 2. The van der Waals surface area contributed by atoms with Crippen molar-refractivity contribution in [3.05, 3.63) is 81.9 Å². The summed E-state index contributed by atoms with van der Waals surface area (Å²) in [5, 5.41) is 2.55. The molecule has 11 heteroatoms. The molecular weight excluding hydrogens is 518 g/mol. The summed E-state index contributed by atoms with van der Waals surface area (Å²) in [6, 6.07) is 11.0. The fourth-order valence-electron chi connectivity index (χ4n) is 4.93. The van der Waals surface area contributed by atoms with Crippen molar-refractivity contribution in [2.75, 3.05) is 48.5 Å². The Labute approximate surface area is 223 Å². The van der Waals surface area contributed by atoms with E-state index in [1.807, 2.05) is 6.07 Å². The largest absolute Gasteiger partial charge is 0.452 e. The first-order valence-electron chi connectivity index (χ1n) is 12.1. The third kappa shape index (κ3) is 5.01. The summed E-state index contributed by atoms with van der Waals surface area (Å²) >= 11 is 5.83. The molecule has 198 valence electrons. The van der Waals surface area contributed by atoms with E-state index >= 15 is 4.39 Å². The molecule has 2 aliphatic rings. The second kappa shape index (κ2) is 10.9. The van der Waals surface area contributed by atoms with Crippen molar-refractivity contribution in [1.82, 2.24) is 4.98 Å². The van der Waals surface area contributed by atoms with Crippen LogP contribution in [0.25, 0.3) is 0 Å². The number of methoxy groups -OCH3 is 1. The van der Waals surface area contributed by atoms with Gasteiger partial charge in [-0.25, -0.2) is 18.6 Å². The minimum absolute atomic E-state index is 0.132. The highest BCUT2D eigenvalue weighted by Crippen LogP contribution is 2.41. The number of hydrogen-bond acceptors (Lipinski definition) is 6. The van der Waals surface area contributed by atoms with Gasteiger partial charge < -0.3 is 19.7 Å². The van der Waals surface area contributed by atoms with E-state index in [0.29, 0.717) is 62.0 Å². The van der Waals surface area contributed by atoms with Crippen LogP contribution in [0.15, 0.2) is 48.5 Å². The molecule has 0 bridgehead atoms. The van der Waals surface area contributed by atoms with Crippen LogP contribution in [-0.4, -0.2) is 50.4 Å². The van der Waals surface area contributed by atoms with Crippen LogP contribution < -0.4 is 15.1 Å². The highest BCUT2D eigenvalue weighted by Gasteiger charge is 2.38. The number of anilines is 3. The van der Waals surface area contributed by atoms with Crippen molar-refractivity contribution < 1.29 is 27.8 Å². The highest BCUT2D eigenvalue weighted by molar-refractivity contribution is 6.31. The van der Waals surface area contributed by atoms with Gasteiger partial charge >= 0.3 is 6.09 Å². The van der Waals surface area contributed by atoms with Crippen molar-refractivity contribution in [1.29, 1.82) is 0 Å². The van der Waals surface area contributed by atoms with E-state index in [2.05, 4.69) is 10.2 Å². The Balaban J connectivity index is 1.49. The number of benzene rings is 2. The van der Waals surface area contributed by atoms with E-state index in [1.54, 1.807) is 12.1 Å². The van der Waals surface area contributed by atoms with Gasteiger partial charge in [-0.05, 0) is 60.9 Å². The molecule has 0 saturated carbocycles. The zero-order valence-electron chi connectivity index (χ0n) is 20.5. The Hall–Kier alpha value is -3.76. The maximum Gasteiger partial charge on any atom is 0.415 e. The molecule has 3 aromatic rings. The number of fused-ring (bicyclic) bond motifs is 1. The predicted molar refractivity (Wildman–Crippen MR) is 139 cm³/mol. The van der Waals surface area contributed by atoms with Gasteiger partial charge in [0.25, 0.3) is 5.91 Å². The third-order valence-corrected chi connectivity index (χ3v) is 7.00. The van der Waals surface area contributed by atoms with Gasteiger partial charge in [-0.2, -0.15) is 0 Å². The summed E-state index contributed by atoms with van der Waals surface area (Å²) in [7, 11) is 1.26. The van der Waals surface area contributed by atoms with Gasteiger partial charge in [0.15, 0.2) is 0 Å². The van der Waals surface area contributed by atoms with Crippen molar-refractivity contribution in [3.63, 3.8) is 0 Å². The number of pyridine rings is 1. The average molecular weight is 543 g/mol. The molecule has 5 rings (SSSR count). The topological polar surface area (TPSA) is 84.0 Å². The second-order valence-electron chi connectivity index (χ2n) is 8.92. The molecule has 2 amide bonds. The van der Waals surface area contributed by atoms with Crippen LogP contribution >= 0.6 is 11.6 Å². The second-order valence-corrected chi connectivity index (χ2v) is 9.33. The van der Waals surface area contributed by atoms with Gasteiger partial charge in [0.2, 0.25) is 0 Å². The first kappa shape index (κ1) is 25.9. The first-order chi connectivity index (χ1) is 18.4. The summed E-state index contributed by atoms with van der Waals surface area (Å²) in [5.74, 6) is -0.661. The van der Waals surface area contributed by atoms with E-state index in [1.165, 1.54) is 36.3 Å². The molecule has 1 aliphatic heterocycles. The van der Waals surface area contributed by atoms with Gasteiger partial charge in [0.1, 0.15) is 23.3 Å². The molecule has 8 nitrogen and oxygen atoms in total. The summed E-state index contributed by atoms with van der Waals surface area (Å²) in [6.07, 6.45) is 0.0171. The number of nitrogens with zero attached hydrogens (tertiary/aromatic N) is 3. The molecule has 0 spiro atoms. The molecular formula is C27H25ClF2N4O4. The standard InChI is InChI=1S/C27H25ClF2N4O4/c1-37-27(36)34(24-4-2-3-23(32-24)33-11-13-38-14-12-33)22-10-7-17-18(6-9-21(30)25(17)22)26(35)31-16-5-8-20(29)19(28)15-16/h2-6,8-9,15,22H,7,10-14H2,1H3,(H,31,35)/t22-/m0/s1. The van der Waals surface area contributed by atoms with Crippen LogP contribution in [0.3, 0.4) is 0 Å². The monoisotopic (exact) mass is 542 g/mol. The quantitative estimate of drug-likeness (QED) is 0.467. The van der Waals surface area contributed by atoms with Crippen LogP contribution in [0.2, 0.25) is 5.02 Å². The summed E-state index contributed by atoms with van der Waals surface area (Å²) in [4.78, 5) is 34.2. The van der Waals surface area contributed by atoms with Gasteiger partial charge in [0, 0.05) is 29.9 Å². The van der Waals surface area contributed by atoms with Crippen LogP contribution in [0.5, 0.6) is 0 Å². The lowest BCUT2D eigenvalue weighted by Gasteiger charge is -2.31. The number of hydrogen-bond donors (Lipinski definition) is 1. The average Bonchev–Trinajstić information content (AvgIpc) is 3.37. The number of nitrogens with one attached hydrogen (secondary N) is 1. The van der Waals surface area contributed by atoms with Gasteiger partial charge in [0.05, 0.1) is 31.4 Å². The Bertz CT molecular complexity index is 1380. The molecule has 1 N–H and O–H groups in total. The van der Waals surface area contributed by atoms with E-state index < -0.39 is 29.7 Å². The molecule has 1 saturated heterocycles. The van der Waals surface area contributed by atoms with Crippen LogP contribution in [-0.2, 0) is 15.9 Å². The van der Waals surface area contributed by atoms with Crippen molar-refractivity contribution >= 4 is 40.9 Å². The number of rotatable bonds is 5. The summed E-state index contributed by atoms with van der Waals surface area (Å²) in [5.41, 5.74) is 1.27. The molecule has 0 unspecified atom stereocenters. The van der Waals surface area contributed by atoms with E-state index in [0.717, 1.165) is 6.07 Å². The van der Waals surface area contributed by atoms with Gasteiger partial charge in [-0.15, -0.1) is 0 Å². The third-order valence-electron chi connectivity index (χ3n) is 6.71. The van der Waals surface area contributed by atoms with Crippen LogP contribution in [0, 0.1) is 11.6 Å². The van der Waals surface area contributed by atoms with E-state index in [-0.39, 0.29) is 16.1 Å². The predicted octanol–water partition coefficient (Wildman–Crippen LogP) is 5.36. The van der Waals surface area contributed by atoms with E-state index in [4.69, 9.17) is 26.1 Å². The molecule has 1 aromatic heterocycles.